The number of nitrogens with zero attached hydrogens (tertiary/aromatic N) is 3. The van der Waals surface area contributed by atoms with E-state index < -0.39 is 22.2 Å². The van der Waals surface area contributed by atoms with Crippen LogP contribution in [0.15, 0.2) is 29.4 Å². The Balaban J connectivity index is 0.000000370. The van der Waals surface area contributed by atoms with E-state index in [1.54, 1.807) is 29.7 Å². The van der Waals surface area contributed by atoms with Crippen molar-refractivity contribution in [1.82, 2.24) is 14.2 Å². The van der Waals surface area contributed by atoms with E-state index in [4.69, 9.17) is 14.6 Å². The minimum atomic E-state index is -5.08. The summed E-state index contributed by atoms with van der Waals surface area (Å²) < 4.78 is 63.8. The quantitative estimate of drug-likeness (QED) is 0.758. The molecule has 2 fully saturated rings. The normalized spacial score (nSPS) is 22.4. The second-order valence-corrected chi connectivity index (χ2v) is 9.16. The fourth-order valence-electron chi connectivity index (χ4n) is 3.59. The number of likely N-dealkylation sites (N-methyl/N-ethyl adjacent to an activating group) is 1. The lowest BCUT2D eigenvalue weighted by molar-refractivity contribution is -0.192. The summed E-state index contributed by atoms with van der Waals surface area (Å²) in [5.74, 6) is -2.24. The third-order valence-corrected chi connectivity index (χ3v) is 6.98. The van der Waals surface area contributed by atoms with E-state index in [0.717, 1.165) is 26.0 Å². The van der Waals surface area contributed by atoms with Gasteiger partial charge >= 0.3 is 12.1 Å². The minimum absolute atomic E-state index is 0.0310. The smallest absolute Gasteiger partial charge is 0.475 e. The molecule has 0 amide bonds. The van der Waals surface area contributed by atoms with Crippen LogP contribution < -0.4 is 0 Å². The number of likely N-dealkylation sites (tertiary alicyclic amines) is 1. The molecular weight excluding hydrogens is 415 g/mol. The van der Waals surface area contributed by atoms with Crippen molar-refractivity contribution in [3.63, 3.8) is 0 Å². The number of rotatable bonds is 4. The Kier molecular flexibility index (Phi) is 7.25. The summed E-state index contributed by atoms with van der Waals surface area (Å²) in [5.41, 5.74) is -0.0310. The Morgan fingerprint density at radius 3 is 2.52 bits per heavy atom. The number of aliphatic carboxylic acids is 1. The van der Waals surface area contributed by atoms with Gasteiger partial charge in [-0.1, -0.05) is 0 Å². The van der Waals surface area contributed by atoms with Gasteiger partial charge in [-0.25, -0.2) is 13.2 Å². The molecule has 164 valence electrons. The molecule has 1 aromatic rings. The number of hydrogen-bond donors (Lipinski definition) is 1. The first-order valence-electron chi connectivity index (χ1n) is 8.83. The van der Waals surface area contributed by atoms with Crippen LogP contribution >= 0.6 is 0 Å². The molecule has 2 aliphatic heterocycles. The highest BCUT2D eigenvalue weighted by Gasteiger charge is 2.53. The first kappa shape index (κ1) is 23.5. The van der Waals surface area contributed by atoms with Crippen LogP contribution in [0.4, 0.5) is 13.2 Å². The van der Waals surface area contributed by atoms with Gasteiger partial charge in [0.15, 0.2) is 0 Å². The second kappa shape index (κ2) is 8.94. The molecule has 0 saturated carbocycles. The molecule has 0 aliphatic carbocycles. The Labute approximate surface area is 167 Å². The molecule has 3 heterocycles. The maximum atomic E-state index is 12.6. The van der Waals surface area contributed by atoms with Crippen molar-refractivity contribution in [1.29, 1.82) is 0 Å². The molecule has 1 atom stereocenters. The van der Waals surface area contributed by atoms with Crippen LogP contribution in [0.2, 0.25) is 0 Å². The average Bonchev–Trinajstić information content (AvgIpc) is 2.62. The molecule has 2 saturated heterocycles. The molecule has 12 heteroatoms. The Bertz CT molecular complexity index is 798. The van der Waals surface area contributed by atoms with E-state index >= 15 is 0 Å². The first-order chi connectivity index (χ1) is 13.4. The van der Waals surface area contributed by atoms with Gasteiger partial charge < -0.3 is 9.84 Å². The van der Waals surface area contributed by atoms with Gasteiger partial charge in [-0.2, -0.15) is 17.5 Å². The van der Waals surface area contributed by atoms with Crippen LogP contribution in [0.3, 0.4) is 0 Å². The SMILES string of the molecule is COCC1CCN(C)C2(C1)CN(S(=O)(=O)c1cccnc1)C2.O=C(O)C(F)(F)F. The molecule has 0 aromatic carbocycles. The maximum absolute atomic E-state index is 12.6. The second-order valence-electron chi connectivity index (χ2n) is 7.22. The van der Waals surface area contributed by atoms with Crippen LogP contribution in [0.5, 0.6) is 0 Å². The van der Waals surface area contributed by atoms with Gasteiger partial charge in [0.05, 0.1) is 0 Å². The number of carboxylic acids is 1. The molecule has 29 heavy (non-hydrogen) atoms. The van der Waals surface area contributed by atoms with Gasteiger partial charge in [0.25, 0.3) is 0 Å². The summed E-state index contributed by atoms with van der Waals surface area (Å²) >= 11 is 0. The Morgan fingerprint density at radius 2 is 2.03 bits per heavy atom. The molecule has 0 radical (unpaired) electrons. The minimum Gasteiger partial charge on any atom is -0.475 e. The average molecular weight is 439 g/mol. The van der Waals surface area contributed by atoms with Crippen LogP contribution in [0.25, 0.3) is 0 Å². The van der Waals surface area contributed by atoms with Crippen LogP contribution in [-0.2, 0) is 19.6 Å². The number of halogens is 3. The van der Waals surface area contributed by atoms with E-state index in [2.05, 4.69) is 16.9 Å². The summed E-state index contributed by atoms with van der Waals surface area (Å²) in [6.07, 6.45) is 0.0252. The summed E-state index contributed by atoms with van der Waals surface area (Å²) in [6, 6.07) is 3.26. The number of carbonyl (C=O) groups is 1. The predicted molar refractivity (Wildman–Crippen MR) is 96.6 cm³/mol. The molecule has 1 N–H and O–H groups in total. The van der Waals surface area contributed by atoms with Crippen molar-refractivity contribution in [3.8, 4) is 0 Å². The van der Waals surface area contributed by atoms with Crippen LogP contribution in [0.1, 0.15) is 12.8 Å². The molecule has 1 unspecified atom stereocenters. The van der Waals surface area contributed by atoms with Crippen LogP contribution in [0, 0.1) is 5.92 Å². The van der Waals surface area contributed by atoms with E-state index in [-0.39, 0.29) is 10.4 Å². The van der Waals surface area contributed by atoms with E-state index in [1.807, 2.05) is 0 Å². The predicted octanol–water partition coefficient (Wildman–Crippen LogP) is 1.45. The van der Waals surface area contributed by atoms with Gasteiger partial charge in [0.1, 0.15) is 4.90 Å². The van der Waals surface area contributed by atoms with E-state index in [1.165, 1.54) is 6.20 Å². The van der Waals surface area contributed by atoms with E-state index in [0.29, 0.717) is 19.0 Å². The topological polar surface area (TPSA) is 100 Å². The number of ether oxygens (including phenoxy) is 1. The zero-order valence-corrected chi connectivity index (χ0v) is 16.9. The van der Waals surface area contributed by atoms with Crippen molar-refractivity contribution in [2.24, 2.45) is 5.92 Å². The zero-order valence-electron chi connectivity index (χ0n) is 16.1. The van der Waals surface area contributed by atoms with Crippen molar-refractivity contribution >= 4 is 16.0 Å². The maximum Gasteiger partial charge on any atom is 0.490 e. The van der Waals surface area contributed by atoms with Crippen molar-refractivity contribution in [2.45, 2.75) is 29.5 Å². The summed E-state index contributed by atoms with van der Waals surface area (Å²) in [4.78, 5) is 15.4. The summed E-state index contributed by atoms with van der Waals surface area (Å²) in [6.45, 7) is 2.86. The molecule has 3 rings (SSSR count). The highest BCUT2D eigenvalue weighted by molar-refractivity contribution is 7.89. The van der Waals surface area contributed by atoms with Gasteiger partial charge in [-0.05, 0) is 44.5 Å². The number of aromatic nitrogens is 1. The zero-order chi connectivity index (χ0) is 21.9. The molecule has 1 spiro atoms. The Morgan fingerprint density at radius 1 is 1.41 bits per heavy atom. The number of carboxylic acid groups (broad SMARTS) is 1. The molecular formula is C17H24F3N3O5S. The lowest BCUT2D eigenvalue weighted by Gasteiger charge is -2.57. The van der Waals surface area contributed by atoms with E-state index in [9.17, 15) is 21.6 Å². The number of methoxy groups -OCH3 is 1. The van der Waals surface area contributed by atoms with Crippen LogP contribution in [-0.4, -0.2) is 85.8 Å². The van der Waals surface area contributed by atoms with Gasteiger partial charge in [-0.3, -0.25) is 9.88 Å². The monoisotopic (exact) mass is 439 g/mol. The summed E-state index contributed by atoms with van der Waals surface area (Å²) in [5, 5.41) is 7.12. The van der Waals surface area contributed by atoms with Gasteiger partial charge in [0.2, 0.25) is 10.0 Å². The third kappa shape index (κ3) is 5.44. The number of alkyl halides is 3. The lowest BCUT2D eigenvalue weighted by atomic mass is 9.77. The standard InChI is InChI=1S/C15H23N3O3S.C2HF3O2/c1-17-7-5-13(10-21-2)8-15(17)11-18(12-15)22(19,20)14-4-3-6-16-9-14;3-2(4,5)1(6)7/h3-4,6,9,13H,5,7-8,10-12H2,1-2H3;(H,6,7). The van der Waals surface area contributed by atoms with Crippen molar-refractivity contribution in [2.75, 3.05) is 40.4 Å². The van der Waals surface area contributed by atoms with Gasteiger partial charge in [0, 0.05) is 44.7 Å². The Hall–Kier alpha value is -1.76. The molecule has 2 aliphatic rings. The number of piperidine rings is 1. The summed E-state index contributed by atoms with van der Waals surface area (Å²) in [7, 11) is 0.404. The molecule has 0 bridgehead atoms. The fraction of sp³-hybridized carbons (Fsp3) is 0.647. The van der Waals surface area contributed by atoms with Crippen molar-refractivity contribution in [3.05, 3.63) is 24.5 Å². The largest absolute Gasteiger partial charge is 0.490 e. The highest BCUT2D eigenvalue weighted by Crippen LogP contribution is 2.40. The first-order valence-corrected chi connectivity index (χ1v) is 10.3. The number of hydrogen-bond acceptors (Lipinski definition) is 6. The highest BCUT2D eigenvalue weighted by atomic mass is 32.2. The molecule has 8 nitrogen and oxygen atoms in total. The third-order valence-electron chi connectivity index (χ3n) is 5.21. The van der Waals surface area contributed by atoms with Gasteiger partial charge in [-0.15, -0.1) is 0 Å². The fourth-order valence-corrected chi connectivity index (χ4v) is 5.15. The number of sulfonamides is 1. The molecule has 1 aromatic heterocycles. The lowest BCUT2D eigenvalue weighted by Crippen LogP contribution is -2.72. The van der Waals surface area contributed by atoms with Crippen molar-refractivity contribution < 1.29 is 36.2 Å². The number of pyridine rings is 1.